The van der Waals surface area contributed by atoms with Crippen molar-refractivity contribution in [2.75, 3.05) is 17.7 Å². The molecule has 0 unspecified atom stereocenters. The van der Waals surface area contributed by atoms with Gasteiger partial charge in [0.15, 0.2) is 5.82 Å². The standard InChI is InChI=1S/C24H23ClF3N5O/c1-29-22(34)18-12-16(24(26,27)28)8-10-20(18)32-21-19(25)13-30-23(33-21)31-17-9-7-14-5-3-2-4-6-15(14)11-17/h7-13H,2-6H2,1H3,(H,29,34)(H2,30,31,32,33). The number of nitrogens with zero attached hydrogens (tertiary/aromatic N) is 2. The summed E-state index contributed by atoms with van der Waals surface area (Å²) in [5.74, 6) is -0.269. The van der Waals surface area contributed by atoms with E-state index in [9.17, 15) is 18.0 Å². The third kappa shape index (κ3) is 5.41. The van der Waals surface area contributed by atoms with Crippen LogP contribution in [0.2, 0.25) is 5.02 Å². The number of carbonyl (C=O) groups excluding carboxylic acids is 1. The zero-order chi connectivity index (χ0) is 24.3. The summed E-state index contributed by atoms with van der Waals surface area (Å²) in [5.41, 5.74) is 2.49. The number of amides is 1. The van der Waals surface area contributed by atoms with Crippen molar-refractivity contribution in [3.63, 3.8) is 0 Å². The summed E-state index contributed by atoms with van der Waals surface area (Å²) in [6.45, 7) is 0. The number of halogens is 4. The minimum absolute atomic E-state index is 0.129. The van der Waals surface area contributed by atoms with Crippen LogP contribution in [0.3, 0.4) is 0 Å². The van der Waals surface area contributed by atoms with Crippen LogP contribution < -0.4 is 16.0 Å². The average molecular weight is 490 g/mol. The minimum atomic E-state index is -4.58. The first-order valence-electron chi connectivity index (χ1n) is 10.9. The Bertz CT molecular complexity index is 1220. The largest absolute Gasteiger partial charge is 0.416 e. The van der Waals surface area contributed by atoms with Crippen LogP contribution in [-0.4, -0.2) is 22.9 Å². The Balaban J connectivity index is 1.61. The molecule has 1 heterocycles. The molecule has 3 N–H and O–H groups in total. The van der Waals surface area contributed by atoms with E-state index in [0.29, 0.717) is 0 Å². The number of aryl methyl sites for hydroxylation is 2. The molecule has 1 aliphatic rings. The zero-order valence-corrected chi connectivity index (χ0v) is 19.1. The summed E-state index contributed by atoms with van der Waals surface area (Å²) in [7, 11) is 1.34. The molecule has 0 fully saturated rings. The topological polar surface area (TPSA) is 78.9 Å². The highest BCUT2D eigenvalue weighted by Gasteiger charge is 2.32. The molecule has 0 spiro atoms. The maximum Gasteiger partial charge on any atom is 0.416 e. The molecule has 1 amide bonds. The number of hydrogen-bond donors (Lipinski definition) is 3. The van der Waals surface area contributed by atoms with E-state index in [1.807, 2.05) is 6.07 Å². The van der Waals surface area contributed by atoms with Crippen LogP contribution in [0.15, 0.2) is 42.6 Å². The fourth-order valence-corrected chi connectivity index (χ4v) is 4.05. The van der Waals surface area contributed by atoms with E-state index in [0.717, 1.165) is 37.1 Å². The first-order chi connectivity index (χ1) is 16.2. The SMILES string of the molecule is CNC(=O)c1cc(C(F)(F)F)ccc1Nc1nc(Nc2ccc3c(c2)CCCCC3)ncc1Cl. The third-order valence-corrected chi connectivity index (χ3v) is 5.95. The Morgan fingerprint density at radius 1 is 1.00 bits per heavy atom. The van der Waals surface area contributed by atoms with Gasteiger partial charge in [-0.2, -0.15) is 18.2 Å². The van der Waals surface area contributed by atoms with Gasteiger partial charge in [0.2, 0.25) is 5.95 Å². The van der Waals surface area contributed by atoms with Gasteiger partial charge in [-0.05, 0) is 67.1 Å². The minimum Gasteiger partial charge on any atom is -0.355 e. The van der Waals surface area contributed by atoms with Gasteiger partial charge in [-0.3, -0.25) is 4.79 Å². The molecule has 1 aromatic heterocycles. The Kier molecular flexibility index (Phi) is 6.92. The molecule has 1 aliphatic carbocycles. The summed E-state index contributed by atoms with van der Waals surface area (Å²) in [6.07, 6.45) is 2.46. The number of anilines is 4. The second-order valence-electron chi connectivity index (χ2n) is 8.02. The molecule has 4 rings (SSSR count). The first-order valence-corrected chi connectivity index (χ1v) is 11.2. The molecular weight excluding hydrogens is 467 g/mol. The van der Waals surface area contributed by atoms with Gasteiger partial charge in [-0.25, -0.2) is 4.98 Å². The Morgan fingerprint density at radius 3 is 2.50 bits per heavy atom. The second-order valence-corrected chi connectivity index (χ2v) is 8.43. The summed E-state index contributed by atoms with van der Waals surface area (Å²) in [6, 6.07) is 9.01. The molecule has 10 heteroatoms. The fraction of sp³-hybridized carbons (Fsp3) is 0.292. The molecule has 0 saturated heterocycles. The average Bonchev–Trinajstić information content (AvgIpc) is 3.05. The number of benzene rings is 2. The molecule has 3 aromatic rings. The number of hydrogen-bond acceptors (Lipinski definition) is 5. The van der Waals surface area contributed by atoms with Crippen LogP contribution in [-0.2, 0) is 19.0 Å². The molecule has 6 nitrogen and oxygen atoms in total. The molecule has 0 radical (unpaired) electrons. The van der Waals surface area contributed by atoms with Crippen LogP contribution in [0, 0.1) is 0 Å². The van der Waals surface area contributed by atoms with Crippen LogP contribution >= 0.6 is 11.6 Å². The molecule has 178 valence electrons. The highest BCUT2D eigenvalue weighted by atomic mass is 35.5. The highest BCUT2D eigenvalue weighted by Crippen LogP contribution is 2.34. The van der Waals surface area contributed by atoms with Crippen LogP contribution in [0.4, 0.5) is 36.3 Å². The Hall–Kier alpha value is -3.33. The number of rotatable bonds is 5. The van der Waals surface area contributed by atoms with E-state index in [1.165, 1.54) is 43.3 Å². The normalized spacial score (nSPS) is 13.6. The van der Waals surface area contributed by atoms with Crippen molar-refractivity contribution >= 4 is 40.6 Å². The lowest BCUT2D eigenvalue weighted by Crippen LogP contribution is -2.20. The molecule has 2 aromatic carbocycles. The number of nitrogens with one attached hydrogen (secondary N) is 3. The van der Waals surface area contributed by atoms with E-state index < -0.39 is 17.6 Å². The molecule has 0 aliphatic heterocycles. The van der Waals surface area contributed by atoms with Gasteiger partial charge in [0.05, 0.1) is 23.0 Å². The first kappa shape index (κ1) is 23.8. The number of alkyl halides is 3. The van der Waals surface area contributed by atoms with E-state index >= 15 is 0 Å². The van der Waals surface area contributed by atoms with Gasteiger partial charge in [0, 0.05) is 12.7 Å². The fourth-order valence-electron chi connectivity index (χ4n) is 3.91. The van der Waals surface area contributed by atoms with Crippen molar-refractivity contribution < 1.29 is 18.0 Å². The van der Waals surface area contributed by atoms with Crippen LogP contribution in [0.1, 0.15) is 46.3 Å². The molecule has 0 bridgehead atoms. The number of aromatic nitrogens is 2. The third-order valence-electron chi connectivity index (χ3n) is 5.67. The van der Waals surface area contributed by atoms with E-state index in [4.69, 9.17) is 11.6 Å². The lowest BCUT2D eigenvalue weighted by molar-refractivity contribution is -0.137. The van der Waals surface area contributed by atoms with Gasteiger partial charge in [0.1, 0.15) is 5.02 Å². The zero-order valence-electron chi connectivity index (χ0n) is 18.4. The maximum atomic E-state index is 13.1. The molecule has 34 heavy (non-hydrogen) atoms. The monoisotopic (exact) mass is 489 g/mol. The van der Waals surface area contributed by atoms with E-state index in [-0.39, 0.29) is 28.0 Å². The van der Waals surface area contributed by atoms with Crippen molar-refractivity contribution in [2.45, 2.75) is 38.3 Å². The smallest absolute Gasteiger partial charge is 0.355 e. The predicted molar refractivity (Wildman–Crippen MR) is 126 cm³/mol. The van der Waals surface area contributed by atoms with Gasteiger partial charge in [-0.1, -0.05) is 24.1 Å². The lowest BCUT2D eigenvalue weighted by atomic mass is 10.0. The van der Waals surface area contributed by atoms with E-state index in [1.54, 1.807) is 0 Å². The summed E-state index contributed by atoms with van der Waals surface area (Å²) < 4.78 is 39.4. The maximum absolute atomic E-state index is 13.1. The van der Waals surface area contributed by atoms with Gasteiger partial charge in [0.25, 0.3) is 5.91 Å². The van der Waals surface area contributed by atoms with E-state index in [2.05, 4.69) is 38.1 Å². The van der Waals surface area contributed by atoms with Crippen LogP contribution in [0.5, 0.6) is 0 Å². The van der Waals surface area contributed by atoms with Gasteiger partial charge in [-0.15, -0.1) is 0 Å². The summed E-state index contributed by atoms with van der Waals surface area (Å²) in [5, 5.41) is 8.52. The Labute approximate surface area is 200 Å². The highest BCUT2D eigenvalue weighted by molar-refractivity contribution is 6.33. The van der Waals surface area contributed by atoms with Gasteiger partial charge >= 0.3 is 6.18 Å². The number of fused-ring (bicyclic) bond motifs is 1. The van der Waals surface area contributed by atoms with Crippen molar-refractivity contribution in [1.29, 1.82) is 0 Å². The molecule has 0 atom stereocenters. The lowest BCUT2D eigenvalue weighted by Gasteiger charge is -2.15. The summed E-state index contributed by atoms with van der Waals surface area (Å²) in [4.78, 5) is 20.8. The van der Waals surface area contributed by atoms with Crippen molar-refractivity contribution in [3.05, 3.63) is 69.9 Å². The van der Waals surface area contributed by atoms with Crippen molar-refractivity contribution in [1.82, 2.24) is 15.3 Å². The molecule has 0 saturated carbocycles. The quantitative estimate of drug-likeness (QED) is 0.368. The van der Waals surface area contributed by atoms with Gasteiger partial charge < -0.3 is 16.0 Å². The predicted octanol–water partition coefficient (Wildman–Crippen LogP) is 6.26. The van der Waals surface area contributed by atoms with Crippen molar-refractivity contribution in [2.24, 2.45) is 0 Å². The number of carbonyl (C=O) groups is 1. The molecular formula is C24H23ClF3N5O. The Morgan fingerprint density at radius 2 is 1.76 bits per heavy atom. The second kappa shape index (κ2) is 9.89. The van der Waals surface area contributed by atoms with Crippen LogP contribution in [0.25, 0.3) is 0 Å². The van der Waals surface area contributed by atoms with Crippen molar-refractivity contribution in [3.8, 4) is 0 Å². The summed E-state index contributed by atoms with van der Waals surface area (Å²) >= 11 is 6.24.